The van der Waals surface area contributed by atoms with Crippen molar-refractivity contribution in [2.75, 3.05) is 152 Å². The van der Waals surface area contributed by atoms with Gasteiger partial charge in [0.15, 0.2) is 29.7 Å². The van der Waals surface area contributed by atoms with Crippen LogP contribution in [0.25, 0.3) is 0 Å². The van der Waals surface area contributed by atoms with Gasteiger partial charge in [-0.3, -0.25) is 48.6 Å². The minimum atomic E-state index is -2.51. The van der Waals surface area contributed by atoms with Crippen LogP contribution in [-0.4, -0.2) is 325 Å². The van der Waals surface area contributed by atoms with Crippen LogP contribution in [0.3, 0.4) is 0 Å². The number of ketones is 4. The Bertz CT molecular complexity index is 4050. The summed E-state index contributed by atoms with van der Waals surface area (Å²) in [6, 6.07) is 7.37. The van der Waals surface area contributed by atoms with Gasteiger partial charge < -0.3 is 122 Å². The Balaban J connectivity index is 0.0000176. The molecule has 0 unspecified atom stereocenters. The smallest absolute Gasteiger partial charge is 0.335 e. The molecule has 9 N–H and O–H groups in total. The molecule has 12 atom stereocenters. The van der Waals surface area contributed by atoms with E-state index in [0.717, 1.165) is 25.0 Å². The van der Waals surface area contributed by atoms with Gasteiger partial charge in [0.1, 0.15) is 59.7 Å². The summed E-state index contributed by atoms with van der Waals surface area (Å²) in [5, 5.41) is 119. The lowest BCUT2D eigenvalue weighted by molar-refractivity contribution is -0.387. The number of phenols is 2. The van der Waals surface area contributed by atoms with Crippen molar-refractivity contribution < 1.29 is 165 Å². The minimum Gasteiger partial charge on any atom is -0.507 e. The quantitative estimate of drug-likeness (QED) is 0.00657. The second-order valence-electron chi connectivity index (χ2n) is 28.2. The topological polar surface area (TPSA) is 543 Å². The molecule has 4 heterocycles. The first-order chi connectivity index (χ1) is 56.8. The third-order valence-corrected chi connectivity index (χ3v) is 20.0. The number of rotatable bonds is 55. The normalized spacial score (nSPS) is 22.3. The van der Waals surface area contributed by atoms with Crippen LogP contribution < -0.4 is 9.47 Å². The second-order valence-corrected chi connectivity index (χ2v) is 28.2. The summed E-state index contributed by atoms with van der Waals surface area (Å²) < 4.78 is 91.6. The number of carbonyl (C=O) groups is 8. The number of carbonyl (C=O) groups excluding carboxylic acids is 7. The van der Waals surface area contributed by atoms with Gasteiger partial charge in [-0.05, 0) is 43.9 Å². The fourth-order valence-electron chi connectivity index (χ4n) is 13.8. The molecule has 2 amide bonds. The van der Waals surface area contributed by atoms with Crippen LogP contribution in [0.4, 0.5) is 5.69 Å². The molecule has 2 fully saturated rings. The standard InChI is InChI=1S/C78H103N5O35.H2S/c1-46-67(90)48(40-62(114-46)116-57-43-78(100,58(86)45-84)42-52-64(57)71(94)66-65(69(52)92)68(91)51-10-6-11-55(103-2)63(51)70(66)93)39-61(89)115-56(47-12-13-54(53(38-47)83(101)102)117-77-74(97)72(95)73(96)75(118-77)76(98)99)41-49-44-81(80-79-49)17-19-105-21-23-107-25-27-109-29-31-111-33-35-113-37-36-112-34-32-110-30-28-108-26-24-106-22-20-104-18-7-9-50(85)8-4-3-5-16-82-59(87)14-15-60(82)88;/h6,10-15,38,44,46,48,56-57,62,67,72-75,77,84,90,92,94-97,100H,3-5,7-9,16-37,39-43,45H2,1-2H3,(H,98,99);1H2/t46-,48-,56-,57-,62-,67+,72+,73+,74-,75+,77-,78-;/m0./s1. The Hall–Kier alpha value is -8.51. The van der Waals surface area contributed by atoms with Gasteiger partial charge in [-0.25, -0.2) is 9.48 Å². The van der Waals surface area contributed by atoms with Crippen molar-refractivity contribution in [1.29, 1.82) is 0 Å². The van der Waals surface area contributed by atoms with E-state index in [1.54, 1.807) is 0 Å². The number of ether oxygens (including phenoxy) is 16. The summed E-state index contributed by atoms with van der Waals surface area (Å²) >= 11 is 0. The van der Waals surface area contributed by atoms with Crippen molar-refractivity contribution >= 4 is 66.1 Å². The molecule has 2 saturated heterocycles. The molecule has 3 aromatic carbocycles. The van der Waals surface area contributed by atoms with Crippen LogP contribution in [0.2, 0.25) is 0 Å². The molecule has 0 radical (unpaired) electrons. The minimum absolute atomic E-state index is 0. The summed E-state index contributed by atoms with van der Waals surface area (Å²) in [7, 11) is 1.26. The molecule has 2 aliphatic carbocycles. The maximum absolute atomic E-state index is 14.4. The number of Topliss-reactive ketones (excluding diaryl/α,β-unsaturated/α-hetero) is 2. The summed E-state index contributed by atoms with van der Waals surface area (Å²) in [4.78, 5) is 116. The summed E-state index contributed by atoms with van der Waals surface area (Å²) in [6.45, 7) is 7.80. The number of benzene rings is 3. The largest absolute Gasteiger partial charge is 0.507 e. The average molecular weight is 1700 g/mol. The maximum atomic E-state index is 14.4. The Morgan fingerprint density at radius 2 is 1.23 bits per heavy atom. The highest BCUT2D eigenvalue weighted by Gasteiger charge is 2.52. The molecule has 40 nitrogen and oxygen atoms in total. The van der Waals surface area contributed by atoms with E-state index in [2.05, 4.69) is 10.3 Å². The number of nitrogens with zero attached hydrogens (tertiary/aromatic N) is 5. The van der Waals surface area contributed by atoms with Crippen LogP contribution in [0, 0.1) is 16.0 Å². The molecule has 9 rings (SSSR count). The summed E-state index contributed by atoms with van der Waals surface area (Å²) in [6.07, 6.45) is -12.7. The highest BCUT2D eigenvalue weighted by molar-refractivity contribution is 7.59. The van der Waals surface area contributed by atoms with Crippen molar-refractivity contribution in [3.8, 4) is 23.0 Å². The molecule has 1 aromatic heterocycles. The number of methoxy groups -OCH3 is 1. The Morgan fingerprint density at radius 3 is 1.79 bits per heavy atom. The van der Waals surface area contributed by atoms with E-state index in [1.165, 1.54) is 66.2 Å². The lowest BCUT2D eigenvalue weighted by Gasteiger charge is -2.42. The molecule has 0 spiro atoms. The number of unbranched alkanes of at least 4 members (excludes halogenated alkanes) is 2. The maximum Gasteiger partial charge on any atom is 0.335 e. The molecular weight excluding hydrogens is 1600 g/mol. The van der Waals surface area contributed by atoms with Crippen LogP contribution in [0.1, 0.15) is 131 Å². The number of imide groups is 1. The van der Waals surface area contributed by atoms with Crippen LogP contribution in [0.5, 0.6) is 23.0 Å². The SMILES string of the molecule is COc1cccc2c1C(=O)c1c(O)c3c(c(O)c1C2=O)C[C@@](O)(C(=O)CO)C[C@@H]3O[C@H]1C[C@H](CC(=O)O[C@@H](Cc2cn(CCOCCOCCOCCOCCOCCOCCOCCOCCOCCOCCCC(=O)CCCCCN3C(=O)C=CC3=O)nn2)c2ccc(O[C@H]3O[C@@H](C(=O)O)[C@H](O)[C@@H](O)[C@@H]3O)c([N+](=O)[O-])c2)[C@H](O)[C@H](C)O1.S. The van der Waals surface area contributed by atoms with E-state index in [4.69, 9.17) is 75.8 Å². The van der Waals surface area contributed by atoms with E-state index in [0.29, 0.717) is 138 Å². The number of fused-ring (bicyclic) bond motifs is 3. The second kappa shape index (κ2) is 48.2. The van der Waals surface area contributed by atoms with E-state index >= 15 is 0 Å². The molecular formula is C78H105N5O35S. The van der Waals surface area contributed by atoms with Crippen LogP contribution in [-0.2, 0) is 114 Å². The van der Waals surface area contributed by atoms with Gasteiger partial charge in [0.25, 0.3) is 11.8 Å². The number of amides is 2. The van der Waals surface area contributed by atoms with E-state index in [9.17, 15) is 94.4 Å². The number of aliphatic carboxylic acids is 1. The molecule has 3 aliphatic heterocycles. The zero-order valence-corrected chi connectivity index (χ0v) is 67.0. The molecule has 0 saturated carbocycles. The Labute approximate surface area is 690 Å². The first kappa shape index (κ1) is 96.0. The number of hydrogen-bond acceptors (Lipinski definition) is 36. The number of carboxylic acids is 1. The van der Waals surface area contributed by atoms with E-state index in [1.807, 2.05) is 0 Å². The lowest BCUT2D eigenvalue weighted by atomic mass is 9.72. The number of carboxylic acid groups (broad SMARTS) is 1. The van der Waals surface area contributed by atoms with Gasteiger partial charge in [-0.15, -0.1) is 5.10 Å². The first-order valence-electron chi connectivity index (χ1n) is 38.9. The van der Waals surface area contributed by atoms with Crippen molar-refractivity contribution in [2.24, 2.45) is 5.92 Å². The summed E-state index contributed by atoms with van der Waals surface area (Å²) in [5.41, 5.74) is -5.53. The lowest BCUT2D eigenvalue weighted by Crippen LogP contribution is -2.61. The van der Waals surface area contributed by atoms with Crippen molar-refractivity contribution in [3.63, 3.8) is 0 Å². The zero-order valence-electron chi connectivity index (χ0n) is 66.0. The predicted octanol–water partition coefficient (Wildman–Crippen LogP) is 1.09. The zero-order chi connectivity index (χ0) is 84.8. The highest BCUT2D eigenvalue weighted by atomic mass is 32.1. The van der Waals surface area contributed by atoms with Gasteiger partial charge in [0.2, 0.25) is 12.1 Å². The fourth-order valence-corrected chi connectivity index (χ4v) is 13.8. The number of phenolic OH excluding ortho intramolecular Hbond substituents is 2. The number of aromatic hydroxyl groups is 2. The monoisotopic (exact) mass is 1700 g/mol. The van der Waals surface area contributed by atoms with Crippen molar-refractivity contribution in [1.82, 2.24) is 19.9 Å². The molecule has 41 heteroatoms. The number of aliphatic hydroxyl groups is 6. The van der Waals surface area contributed by atoms with E-state index < -0.39 is 167 Å². The molecule has 658 valence electrons. The third kappa shape index (κ3) is 27.0. The number of esters is 1. The molecule has 5 aliphatic rings. The third-order valence-electron chi connectivity index (χ3n) is 20.0. The van der Waals surface area contributed by atoms with Crippen LogP contribution >= 0.6 is 13.5 Å². The predicted molar refractivity (Wildman–Crippen MR) is 410 cm³/mol. The molecule has 119 heavy (non-hydrogen) atoms. The van der Waals surface area contributed by atoms with Crippen molar-refractivity contribution in [2.45, 2.75) is 151 Å². The highest BCUT2D eigenvalue weighted by Crippen LogP contribution is 2.53. The number of nitro benzene ring substituents is 1. The Morgan fingerprint density at radius 1 is 0.664 bits per heavy atom. The van der Waals surface area contributed by atoms with Gasteiger partial charge in [0, 0.05) is 98.7 Å². The fraction of sp³-hybridized carbons (Fsp3) is 0.615. The van der Waals surface area contributed by atoms with E-state index in [-0.39, 0.29) is 116 Å². The van der Waals surface area contributed by atoms with Crippen molar-refractivity contribution in [3.05, 3.63) is 109 Å². The van der Waals surface area contributed by atoms with Gasteiger partial charge in [-0.2, -0.15) is 13.5 Å². The Kier molecular flexibility index (Phi) is 38.9. The average Bonchev–Trinajstić information content (AvgIpc) is 1.02. The molecule has 0 bridgehead atoms. The summed E-state index contributed by atoms with van der Waals surface area (Å²) in [5.74, 6) is -9.56. The number of hydrogen-bond donors (Lipinski definition) is 9. The first-order valence-corrected chi connectivity index (χ1v) is 38.9. The van der Waals surface area contributed by atoms with Gasteiger partial charge in [0.05, 0.1) is 191 Å². The number of nitro groups is 1. The number of aromatic nitrogens is 3. The number of aliphatic hydroxyl groups excluding tert-OH is 5. The molecule has 4 aromatic rings. The van der Waals surface area contributed by atoms with Crippen LogP contribution in [0.15, 0.2) is 54.7 Å². The van der Waals surface area contributed by atoms with Gasteiger partial charge >= 0.3 is 17.6 Å². The van der Waals surface area contributed by atoms with Gasteiger partial charge in [-0.1, -0.05) is 29.8 Å².